The van der Waals surface area contributed by atoms with Gasteiger partial charge in [0.15, 0.2) is 0 Å². The molecule has 90 valence electrons. The zero-order valence-electron chi connectivity index (χ0n) is 10.3. The van der Waals surface area contributed by atoms with Crippen molar-refractivity contribution in [2.45, 2.75) is 6.54 Å². The summed E-state index contributed by atoms with van der Waals surface area (Å²) in [5.41, 5.74) is 10.0. The van der Waals surface area contributed by atoms with Crippen LogP contribution in [0.5, 0.6) is 0 Å². The van der Waals surface area contributed by atoms with Crippen molar-refractivity contribution in [1.82, 2.24) is 9.55 Å². The first-order valence-corrected chi connectivity index (χ1v) is 6.00. The van der Waals surface area contributed by atoms with Crippen LogP contribution >= 0.6 is 0 Å². The lowest BCUT2D eigenvalue weighted by Gasteiger charge is -2.01. The molecule has 0 fully saturated rings. The maximum atomic E-state index is 5.66. The van der Waals surface area contributed by atoms with Gasteiger partial charge in [0, 0.05) is 19.2 Å². The molecule has 0 unspecified atom stereocenters. The summed E-state index contributed by atoms with van der Waals surface area (Å²) in [6.07, 6.45) is 0. The summed E-state index contributed by atoms with van der Waals surface area (Å²) in [6, 6.07) is 16.4. The van der Waals surface area contributed by atoms with Crippen LogP contribution in [0.4, 0.5) is 0 Å². The predicted molar refractivity (Wildman–Crippen MR) is 74.0 cm³/mol. The molecule has 0 spiro atoms. The Hall–Kier alpha value is -2.13. The minimum Gasteiger partial charge on any atom is -0.327 e. The molecule has 0 aliphatic carbocycles. The van der Waals surface area contributed by atoms with E-state index in [1.807, 2.05) is 25.2 Å². The van der Waals surface area contributed by atoms with E-state index in [0.717, 1.165) is 28.0 Å². The van der Waals surface area contributed by atoms with Gasteiger partial charge in [-0.05, 0) is 17.7 Å². The molecule has 1 aromatic heterocycles. The lowest BCUT2D eigenvalue weighted by atomic mass is 10.2. The van der Waals surface area contributed by atoms with E-state index >= 15 is 0 Å². The lowest BCUT2D eigenvalue weighted by molar-refractivity contribution is 0.959. The average Bonchev–Trinajstić information content (AvgIpc) is 2.76. The van der Waals surface area contributed by atoms with Gasteiger partial charge in [-0.2, -0.15) is 0 Å². The fraction of sp³-hybridized carbons (Fsp3) is 0.133. The molecule has 0 amide bonds. The van der Waals surface area contributed by atoms with Crippen molar-refractivity contribution in [3.05, 3.63) is 54.1 Å². The van der Waals surface area contributed by atoms with Crippen LogP contribution in [0.2, 0.25) is 0 Å². The van der Waals surface area contributed by atoms with Crippen LogP contribution < -0.4 is 5.73 Å². The minimum atomic E-state index is 0.549. The molecule has 0 saturated carbocycles. The van der Waals surface area contributed by atoms with Crippen molar-refractivity contribution < 1.29 is 0 Å². The third kappa shape index (κ3) is 1.69. The fourth-order valence-electron chi connectivity index (χ4n) is 2.22. The van der Waals surface area contributed by atoms with Crippen LogP contribution in [0.3, 0.4) is 0 Å². The van der Waals surface area contributed by atoms with E-state index < -0.39 is 0 Å². The molecule has 3 heteroatoms. The Morgan fingerprint density at radius 2 is 1.89 bits per heavy atom. The standard InChI is InChI=1S/C15H15N3/c1-18-14-8-7-11(10-16)9-13(14)17-15(18)12-5-3-2-4-6-12/h2-9H,10,16H2,1H3. The van der Waals surface area contributed by atoms with Crippen LogP contribution in [-0.4, -0.2) is 9.55 Å². The Labute approximate surface area is 106 Å². The SMILES string of the molecule is Cn1c(-c2ccccc2)nc2cc(CN)ccc21. The summed E-state index contributed by atoms with van der Waals surface area (Å²) < 4.78 is 2.12. The number of rotatable bonds is 2. The molecule has 0 atom stereocenters. The number of fused-ring (bicyclic) bond motifs is 1. The first-order valence-electron chi connectivity index (χ1n) is 6.00. The van der Waals surface area contributed by atoms with Crippen LogP contribution in [-0.2, 0) is 13.6 Å². The third-order valence-corrected chi connectivity index (χ3v) is 3.21. The second-order valence-corrected chi connectivity index (χ2v) is 4.39. The second-order valence-electron chi connectivity index (χ2n) is 4.39. The monoisotopic (exact) mass is 237 g/mol. The van der Waals surface area contributed by atoms with Gasteiger partial charge in [-0.25, -0.2) is 4.98 Å². The predicted octanol–water partition coefficient (Wildman–Crippen LogP) is 2.70. The number of hydrogen-bond acceptors (Lipinski definition) is 2. The van der Waals surface area contributed by atoms with Gasteiger partial charge in [0.1, 0.15) is 5.82 Å². The first kappa shape index (κ1) is 11.0. The molecule has 0 saturated heterocycles. The highest BCUT2D eigenvalue weighted by Crippen LogP contribution is 2.23. The quantitative estimate of drug-likeness (QED) is 0.744. The topological polar surface area (TPSA) is 43.8 Å². The van der Waals surface area contributed by atoms with Crippen LogP contribution in [0.25, 0.3) is 22.4 Å². The Balaban J connectivity index is 2.23. The van der Waals surface area contributed by atoms with Gasteiger partial charge >= 0.3 is 0 Å². The van der Waals surface area contributed by atoms with E-state index in [-0.39, 0.29) is 0 Å². The summed E-state index contributed by atoms with van der Waals surface area (Å²) in [6.45, 7) is 0.549. The highest BCUT2D eigenvalue weighted by molar-refractivity contribution is 5.81. The average molecular weight is 237 g/mol. The minimum absolute atomic E-state index is 0.549. The molecule has 3 rings (SSSR count). The van der Waals surface area contributed by atoms with Crippen LogP contribution in [0.1, 0.15) is 5.56 Å². The molecule has 3 nitrogen and oxygen atoms in total. The number of aromatic nitrogens is 2. The van der Waals surface area contributed by atoms with E-state index in [4.69, 9.17) is 10.7 Å². The van der Waals surface area contributed by atoms with Crippen LogP contribution in [0.15, 0.2) is 48.5 Å². The smallest absolute Gasteiger partial charge is 0.140 e. The van der Waals surface area contributed by atoms with Crippen molar-refractivity contribution in [3.63, 3.8) is 0 Å². The highest BCUT2D eigenvalue weighted by atomic mass is 15.1. The number of aryl methyl sites for hydroxylation is 1. The molecular formula is C15H15N3. The van der Waals surface area contributed by atoms with Crippen LogP contribution in [0, 0.1) is 0 Å². The summed E-state index contributed by atoms with van der Waals surface area (Å²) in [4.78, 5) is 4.70. The van der Waals surface area contributed by atoms with E-state index in [0.29, 0.717) is 6.54 Å². The second kappa shape index (κ2) is 4.27. The molecule has 1 heterocycles. The fourth-order valence-corrected chi connectivity index (χ4v) is 2.22. The van der Waals surface area contributed by atoms with E-state index in [2.05, 4.69) is 34.9 Å². The van der Waals surface area contributed by atoms with Gasteiger partial charge in [-0.15, -0.1) is 0 Å². The summed E-state index contributed by atoms with van der Waals surface area (Å²) >= 11 is 0. The Morgan fingerprint density at radius 1 is 1.11 bits per heavy atom. The highest BCUT2D eigenvalue weighted by Gasteiger charge is 2.09. The van der Waals surface area contributed by atoms with Gasteiger partial charge in [-0.3, -0.25) is 0 Å². The Bertz CT molecular complexity index is 684. The summed E-state index contributed by atoms with van der Waals surface area (Å²) in [7, 11) is 2.04. The number of imidazole rings is 1. The molecule has 2 N–H and O–H groups in total. The van der Waals surface area contributed by atoms with Crippen molar-refractivity contribution in [2.24, 2.45) is 12.8 Å². The molecule has 0 aliphatic rings. The molecule has 0 radical (unpaired) electrons. The molecular weight excluding hydrogens is 222 g/mol. The van der Waals surface area contributed by atoms with Crippen molar-refractivity contribution in [2.75, 3.05) is 0 Å². The molecule has 3 aromatic rings. The third-order valence-electron chi connectivity index (χ3n) is 3.21. The first-order chi connectivity index (χ1) is 8.79. The zero-order chi connectivity index (χ0) is 12.5. The van der Waals surface area contributed by atoms with Gasteiger partial charge < -0.3 is 10.3 Å². The van der Waals surface area contributed by atoms with E-state index in [1.54, 1.807) is 0 Å². The molecule has 0 aliphatic heterocycles. The number of benzene rings is 2. The zero-order valence-corrected chi connectivity index (χ0v) is 10.3. The van der Waals surface area contributed by atoms with Gasteiger partial charge in [0.25, 0.3) is 0 Å². The Morgan fingerprint density at radius 3 is 2.61 bits per heavy atom. The lowest BCUT2D eigenvalue weighted by Crippen LogP contribution is -1.95. The maximum absolute atomic E-state index is 5.66. The molecule has 0 bridgehead atoms. The van der Waals surface area contributed by atoms with Crippen molar-refractivity contribution in [1.29, 1.82) is 0 Å². The van der Waals surface area contributed by atoms with Crippen molar-refractivity contribution >= 4 is 11.0 Å². The number of nitrogens with two attached hydrogens (primary N) is 1. The Kier molecular flexibility index (Phi) is 2.61. The summed E-state index contributed by atoms with van der Waals surface area (Å²) in [5, 5.41) is 0. The van der Waals surface area contributed by atoms with Gasteiger partial charge in [-0.1, -0.05) is 36.4 Å². The van der Waals surface area contributed by atoms with E-state index in [9.17, 15) is 0 Å². The van der Waals surface area contributed by atoms with E-state index in [1.165, 1.54) is 0 Å². The summed E-state index contributed by atoms with van der Waals surface area (Å²) in [5.74, 6) is 0.986. The van der Waals surface area contributed by atoms with Gasteiger partial charge in [0.2, 0.25) is 0 Å². The maximum Gasteiger partial charge on any atom is 0.140 e. The van der Waals surface area contributed by atoms with Gasteiger partial charge in [0.05, 0.1) is 11.0 Å². The van der Waals surface area contributed by atoms with Crippen molar-refractivity contribution in [3.8, 4) is 11.4 Å². The normalized spacial score (nSPS) is 11.0. The molecule has 2 aromatic carbocycles. The number of hydrogen-bond donors (Lipinski definition) is 1. The largest absolute Gasteiger partial charge is 0.327 e. The molecule has 18 heavy (non-hydrogen) atoms. The number of nitrogens with zero attached hydrogens (tertiary/aromatic N) is 2.